The summed E-state index contributed by atoms with van der Waals surface area (Å²) in [7, 11) is 1.48. The van der Waals surface area contributed by atoms with Gasteiger partial charge in [0, 0.05) is 13.1 Å². The Labute approximate surface area is 207 Å². The largest absolute Gasteiger partial charge is 0.496 e. The van der Waals surface area contributed by atoms with E-state index < -0.39 is 17.9 Å². The van der Waals surface area contributed by atoms with Gasteiger partial charge in [0.2, 0.25) is 5.91 Å². The summed E-state index contributed by atoms with van der Waals surface area (Å²) in [4.78, 5) is 39.1. The van der Waals surface area contributed by atoms with Crippen molar-refractivity contribution in [3.05, 3.63) is 29.8 Å². The lowest BCUT2D eigenvalue weighted by Crippen LogP contribution is -2.60. The molecule has 0 spiro atoms. The number of ether oxygens (including phenoxy) is 2. The van der Waals surface area contributed by atoms with Gasteiger partial charge in [-0.05, 0) is 30.8 Å². The number of para-hydroxylation sites is 1. The summed E-state index contributed by atoms with van der Waals surface area (Å²) in [6.07, 6.45) is 9.13. The van der Waals surface area contributed by atoms with Crippen LogP contribution in [-0.2, 0) is 14.3 Å². The van der Waals surface area contributed by atoms with Gasteiger partial charge in [-0.15, -0.1) is 0 Å². The maximum Gasteiger partial charge on any atom is 0.308 e. The Bertz CT molecular complexity index is 833. The second-order valence-electron chi connectivity index (χ2n) is 8.36. The summed E-state index contributed by atoms with van der Waals surface area (Å²) in [6.45, 7) is 3.30. The predicted octanol–water partition coefficient (Wildman–Crippen LogP) is 3.58. The molecule has 0 aromatic heterocycles. The maximum atomic E-state index is 12.7. The molecule has 1 aromatic carbocycles. The Balaban J connectivity index is 1.81. The van der Waals surface area contributed by atoms with Crippen LogP contribution in [0.2, 0.25) is 0 Å². The molecule has 1 aromatic rings. The first kappa shape index (κ1) is 27.6. The molecule has 8 nitrogen and oxygen atoms in total. The fraction of sp³-hybridized carbons (Fsp3) is 0.600. The quantitative estimate of drug-likeness (QED) is 0.247. The molecular formula is C25H37N3O5S. The molecule has 9 heteroatoms. The minimum Gasteiger partial charge on any atom is -0.496 e. The number of unbranched alkanes of at least 4 members (excludes halogenated alkanes) is 7. The fourth-order valence-electron chi connectivity index (χ4n) is 3.87. The van der Waals surface area contributed by atoms with E-state index in [1.54, 1.807) is 29.2 Å². The first-order valence-electron chi connectivity index (χ1n) is 12.2. The molecular weight excluding hydrogens is 454 g/mol. The number of benzene rings is 1. The maximum absolute atomic E-state index is 12.7. The second kappa shape index (κ2) is 15.3. The standard InChI is InChI=1S/C25H37N3O5S/c1-3-4-5-6-7-8-9-12-17-33-22(29)18-20-24(31)26-15-16-28(20)25(34)27-23(30)19-13-10-11-14-21(19)32-2/h10-11,13-14,20H,3-9,12,15-18H2,1-2H3,(H,26,31)(H,27,30,34). The number of rotatable bonds is 13. The third kappa shape index (κ3) is 8.93. The zero-order chi connectivity index (χ0) is 24.8. The van der Waals surface area contributed by atoms with Crippen molar-refractivity contribution in [2.24, 2.45) is 0 Å². The third-order valence-electron chi connectivity index (χ3n) is 5.78. The molecule has 1 heterocycles. The number of thiocarbonyl (C=S) groups is 1. The normalized spacial score (nSPS) is 15.4. The van der Waals surface area contributed by atoms with Crippen molar-refractivity contribution in [3.63, 3.8) is 0 Å². The highest BCUT2D eigenvalue weighted by atomic mass is 32.1. The molecule has 1 atom stereocenters. The van der Waals surface area contributed by atoms with Crippen LogP contribution in [-0.4, -0.2) is 60.6 Å². The van der Waals surface area contributed by atoms with E-state index in [1.165, 1.54) is 39.2 Å². The number of esters is 1. The Morgan fingerprint density at radius 3 is 2.50 bits per heavy atom. The Morgan fingerprint density at radius 1 is 1.12 bits per heavy atom. The minimum atomic E-state index is -0.828. The third-order valence-corrected chi connectivity index (χ3v) is 6.12. The van der Waals surface area contributed by atoms with Crippen molar-refractivity contribution >= 4 is 35.1 Å². The van der Waals surface area contributed by atoms with Crippen LogP contribution in [0.1, 0.15) is 75.1 Å². The number of methoxy groups -OCH3 is 1. The number of hydrogen-bond donors (Lipinski definition) is 2. The summed E-state index contributed by atoms with van der Waals surface area (Å²) in [5.41, 5.74) is 0.329. The van der Waals surface area contributed by atoms with Gasteiger partial charge in [-0.25, -0.2) is 0 Å². The van der Waals surface area contributed by atoms with Gasteiger partial charge in [-0.1, -0.05) is 64.0 Å². The fourth-order valence-corrected chi connectivity index (χ4v) is 4.18. The van der Waals surface area contributed by atoms with Crippen LogP contribution in [0.25, 0.3) is 0 Å². The van der Waals surface area contributed by atoms with E-state index in [0.717, 1.165) is 19.3 Å². The number of nitrogens with one attached hydrogen (secondary N) is 2. The molecule has 2 amide bonds. The molecule has 0 bridgehead atoms. The van der Waals surface area contributed by atoms with Crippen molar-refractivity contribution in [1.29, 1.82) is 0 Å². The van der Waals surface area contributed by atoms with Crippen LogP contribution in [0.15, 0.2) is 24.3 Å². The van der Waals surface area contributed by atoms with Gasteiger partial charge >= 0.3 is 5.97 Å². The molecule has 2 N–H and O–H groups in total. The highest BCUT2D eigenvalue weighted by Gasteiger charge is 2.34. The van der Waals surface area contributed by atoms with Crippen molar-refractivity contribution in [1.82, 2.24) is 15.5 Å². The van der Waals surface area contributed by atoms with E-state index in [2.05, 4.69) is 17.6 Å². The van der Waals surface area contributed by atoms with E-state index in [9.17, 15) is 14.4 Å². The van der Waals surface area contributed by atoms with Crippen LogP contribution >= 0.6 is 12.2 Å². The van der Waals surface area contributed by atoms with Gasteiger partial charge < -0.3 is 19.7 Å². The van der Waals surface area contributed by atoms with E-state index >= 15 is 0 Å². The number of carbonyl (C=O) groups excluding carboxylic acids is 3. The smallest absolute Gasteiger partial charge is 0.308 e. The molecule has 188 valence electrons. The lowest BCUT2D eigenvalue weighted by molar-refractivity contribution is -0.147. The lowest BCUT2D eigenvalue weighted by atomic mass is 10.1. The average Bonchev–Trinajstić information content (AvgIpc) is 2.84. The summed E-state index contributed by atoms with van der Waals surface area (Å²) < 4.78 is 10.6. The number of carbonyl (C=O) groups is 3. The van der Waals surface area contributed by atoms with Gasteiger partial charge in [0.05, 0.1) is 25.7 Å². The van der Waals surface area contributed by atoms with Gasteiger partial charge in [0.25, 0.3) is 5.91 Å². The molecule has 2 rings (SSSR count). The number of piperazine rings is 1. The van der Waals surface area contributed by atoms with E-state index in [-0.39, 0.29) is 17.4 Å². The SMILES string of the molecule is CCCCCCCCCCOC(=O)CC1C(=O)NCCN1C(=S)NC(=O)c1ccccc1OC. The lowest BCUT2D eigenvalue weighted by Gasteiger charge is -2.36. The molecule has 0 radical (unpaired) electrons. The van der Waals surface area contributed by atoms with Crippen molar-refractivity contribution in [3.8, 4) is 5.75 Å². The Morgan fingerprint density at radius 2 is 1.79 bits per heavy atom. The summed E-state index contributed by atoms with van der Waals surface area (Å²) in [5.74, 6) is -0.789. The van der Waals surface area contributed by atoms with E-state index in [0.29, 0.717) is 31.0 Å². The van der Waals surface area contributed by atoms with Gasteiger partial charge in [-0.3, -0.25) is 19.7 Å². The first-order chi connectivity index (χ1) is 16.5. The Hall–Kier alpha value is -2.68. The van der Waals surface area contributed by atoms with Gasteiger partial charge in [-0.2, -0.15) is 0 Å². The van der Waals surface area contributed by atoms with Gasteiger partial charge in [0.1, 0.15) is 11.8 Å². The molecule has 1 unspecified atom stereocenters. The second-order valence-corrected chi connectivity index (χ2v) is 8.75. The van der Waals surface area contributed by atoms with Crippen LogP contribution in [0.3, 0.4) is 0 Å². The zero-order valence-corrected chi connectivity index (χ0v) is 21.1. The molecule has 1 aliphatic rings. The van der Waals surface area contributed by atoms with Crippen LogP contribution in [0.5, 0.6) is 5.75 Å². The topological polar surface area (TPSA) is 97.0 Å². The van der Waals surface area contributed by atoms with Gasteiger partial charge in [0.15, 0.2) is 5.11 Å². The molecule has 0 aliphatic carbocycles. The summed E-state index contributed by atoms with van der Waals surface area (Å²) >= 11 is 5.41. The monoisotopic (exact) mass is 491 g/mol. The highest BCUT2D eigenvalue weighted by molar-refractivity contribution is 7.80. The van der Waals surface area contributed by atoms with Crippen molar-refractivity contribution in [2.75, 3.05) is 26.8 Å². The number of amides is 2. The average molecular weight is 492 g/mol. The minimum absolute atomic E-state index is 0.0895. The van der Waals surface area contributed by atoms with Crippen LogP contribution in [0, 0.1) is 0 Å². The molecule has 1 saturated heterocycles. The summed E-state index contributed by atoms with van der Waals surface area (Å²) in [5, 5.41) is 5.49. The van der Waals surface area contributed by atoms with E-state index in [1.807, 2.05) is 0 Å². The zero-order valence-electron chi connectivity index (χ0n) is 20.3. The molecule has 34 heavy (non-hydrogen) atoms. The van der Waals surface area contributed by atoms with E-state index in [4.69, 9.17) is 21.7 Å². The number of hydrogen-bond acceptors (Lipinski definition) is 6. The summed E-state index contributed by atoms with van der Waals surface area (Å²) in [6, 6.07) is 5.96. The highest BCUT2D eigenvalue weighted by Crippen LogP contribution is 2.18. The van der Waals surface area contributed by atoms with Crippen molar-refractivity contribution in [2.45, 2.75) is 70.8 Å². The molecule has 1 aliphatic heterocycles. The Kier molecular flexibility index (Phi) is 12.4. The molecule has 0 saturated carbocycles. The van der Waals surface area contributed by atoms with Crippen LogP contribution in [0.4, 0.5) is 0 Å². The first-order valence-corrected chi connectivity index (χ1v) is 12.6. The predicted molar refractivity (Wildman–Crippen MR) is 135 cm³/mol. The molecule has 1 fully saturated rings. The van der Waals surface area contributed by atoms with Crippen molar-refractivity contribution < 1.29 is 23.9 Å². The number of nitrogens with zero attached hydrogens (tertiary/aromatic N) is 1. The van der Waals surface area contributed by atoms with Crippen LogP contribution < -0.4 is 15.4 Å².